The molecule has 0 aliphatic heterocycles. The van der Waals surface area contributed by atoms with Crippen molar-refractivity contribution < 1.29 is 18.7 Å². The summed E-state index contributed by atoms with van der Waals surface area (Å²) < 4.78 is 11.2. The van der Waals surface area contributed by atoms with Crippen LogP contribution in [0.25, 0.3) is 21.9 Å². The van der Waals surface area contributed by atoms with Crippen molar-refractivity contribution in [2.24, 2.45) is 5.73 Å². The maximum atomic E-state index is 11.8. The third-order valence-corrected chi connectivity index (χ3v) is 3.71. The van der Waals surface area contributed by atoms with E-state index >= 15 is 0 Å². The number of carbonyl (C=O) groups excluding carboxylic acids is 2. The lowest BCUT2D eigenvalue weighted by Crippen LogP contribution is -2.43. The van der Waals surface area contributed by atoms with E-state index < -0.39 is 18.0 Å². The van der Waals surface area contributed by atoms with Gasteiger partial charge in [0.05, 0.1) is 12.8 Å². The van der Waals surface area contributed by atoms with Crippen LogP contribution in [-0.4, -0.2) is 25.1 Å². The smallest absolute Gasteiger partial charge is 0.318 e. The van der Waals surface area contributed by atoms with E-state index in [1.165, 1.54) is 0 Å². The van der Waals surface area contributed by atoms with Crippen LogP contribution in [0.5, 0.6) is 5.75 Å². The van der Waals surface area contributed by atoms with Crippen molar-refractivity contribution in [3.8, 4) is 5.75 Å². The van der Waals surface area contributed by atoms with Crippen molar-refractivity contribution in [2.75, 3.05) is 12.4 Å². The Morgan fingerprint density at radius 2 is 1.92 bits per heavy atom. The number of fused-ring (bicyclic) bond motifs is 3. The molecule has 24 heavy (non-hydrogen) atoms. The monoisotopic (exact) mass is 327 g/mol. The van der Waals surface area contributed by atoms with Gasteiger partial charge in [-0.2, -0.15) is 0 Å². The van der Waals surface area contributed by atoms with E-state index in [9.17, 15) is 9.59 Å². The van der Waals surface area contributed by atoms with Gasteiger partial charge in [-0.3, -0.25) is 10.1 Å². The Morgan fingerprint density at radius 1 is 1.17 bits per heavy atom. The molecule has 4 N–H and O–H groups in total. The molecule has 7 heteroatoms. The number of amides is 3. The minimum absolute atomic E-state index is 0.533. The first-order chi connectivity index (χ1) is 11.5. The molecule has 124 valence electrons. The quantitative estimate of drug-likeness (QED) is 0.683. The molecule has 0 aliphatic carbocycles. The number of nitrogens with one attached hydrogen (secondary N) is 2. The number of urea groups is 1. The predicted molar refractivity (Wildman–Crippen MR) is 91.1 cm³/mol. The maximum Gasteiger partial charge on any atom is 0.318 e. The highest BCUT2D eigenvalue weighted by atomic mass is 16.5. The molecule has 1 aromatic heterocycles. The van der Waals surface area contributed by atoms with Gasteiger partial charge < -0.3 is 20.2 Å². The van der Waals surface area contributed by atoms with Crippen LogP contribution in [-0.2, 0) is 4.79 Å². The number of benzene rings is 2. The first kappa shape index (κ1) is 15.7. The number of rotatable bonds is 4. The fraction of sp³-hybridized carbons (Fsp3) is 0.176. The third kappa shape index (κ3) is 2.83. The zero-order valence-corrected chi connectivity index (χ0v) is 13.3. The van der Waals surface area contributed by atoms with E-state index in [-0.39, 0.29) is 0 Å². The van der Waals surface area contributed by atoms with E-state index in [4.69, 9.17) is 14.9 Å². The van der Waals surface area contributed by atoms with Gasteiger partial charge in [-0.1, -0.05) is 18.2 Å². The van der Waals surface area contributed by atoms with E-state index in [0.29, 0.717) is 17.0 Å². The van der Waals surface area contributed by atoms with Gasteiger partial charge in [0, 0.05) is 16.8 Å². The molecule has 0 saturated heterocycles. The lowest BCUT2D eigenvalue weighted by Gasteiger charge is -2.16. The summed E-state index contributed by atoms with van der Waals surface area (Å²) in [4.78, 5) is 22.6. The van der Waals surface area contributed by atoms with E-state index in [1.807, 2.05) is 35.6 Å². The number of methoxy groups -OCH3 is 1. The molecule has 0 fully saturated rings. The van der Waals surface area contributed by atoms with Crippen LogP contribution in [0.3, 0.4) is 0 Å². The second-order valence-corrected chi connectivity index (χ2v) is 5.37. The van der Waals surface area contributed by atoms with Crippen molar-refractivity contribution in [3.63, 3.8) is 0 Å². The number of para-hydroxylation sites is 1. The largest absolute Gasteiger partial charge is 0.495 e. The highest BCUT2D eigenvalue weighted by Crippen LogP contribution is 2.36. The number of nitrogens with two attached hydrogens (primary N) is 1. The second-order valence-electron chi connectivity index (χ2n) is 5.37. The summed E-state index contributed by atoms with van der Waals surface area (Å²) >= 11 is 0. The standard InChI is InChI=1S/C17H17N3O4/c1-9(16(21)20-17(18)22)19-12-8-14-11(7-15(12)23-2)10-5-3-4-6-13(10)24-14/h3-9,19H,1-2H3,(H3,18,20,21,22)/t9-/m1/s1. The molecule has 0 bridgehead atoms. The number of ether oxygens (including phenoxy) is 1. The number of imide groups is 1. The van der Waals surface area contributed by atoms with Crippen molar-refractivity contribution in [1.82, 2.24) is 5.32 Å². The molecule has 2 aromatic carbocycles. The SMILES string of the molecule is COc1cc2c(cc1N[C@H](C)C(=O)NC(N)=O)oc1ccccc12. The first-order valence-electron chi connectivity index (χ1n) is 7.35. The molecular formula is C17H17N3O4. The van der Waals surface area contributed by atoms with Crippen LogP contribution in [0.1, 0.15) is 6.92 Å². The van der Waals surface area contributed by atoms with Crippen LogP contribution < -0.4 is 21.1 Å². The summed E-state index contributed by atoms with van der Waals surface area (Å²) in [5, 5.41) is 6.93. The number of furan rings is 1. The molecule has 0 aliphatic rings. The van der Waals surface area contributed by atoms with Crippen LogP contribution in [0.2, 0.25) is 0 Å². The lowest BCUT2D eigenvalue weighted by molar-refractivity contribution is -0.120. The normalized spacial score (nSPS) is 12.1. The molecule has 0 radical (unpaired) electrons. The molecular weight excluding hydrogens is 310 g/mol. The van der Waals surface area contributed by atoms with E-state index in [2.05, 4.69) is 5.32 Å². The number of hydrogen-bond acceptors (Lipinski definition) is 5. The molecule has 7 nitrogen and oxygen atoms in total. The average molecular weight is 327 g/mol. The predicted octanol–water partition coefficient (Wildman–Crippen LogP) is 2.59. The second kappa shape index (κ2) is 6.11. The summed E-state index contributed by atoms with van der Waals surface area (Å²) in [6.45, 7) is 1.61. The topological polar surface area (TPSA) is 107 Å². The van der Waals surface area contributed by atoms with Gasteiger partial charge in [0.1, 0.15) is 23.0 Å². The summed E-state index contributed by atoms with van der Waals surface area (Å²) in [7, 11) is 1.54. The van der Waals surface area contributed by atoms with Gasteiger partial charge in [0.2, 0.25) is 5.91 Å². The summed E-state index contributed by atoms with van der Waals surface area (Å²) in [6, 6.07) is 9.73. The molecule has 1 heterocycles. The summed E-state index contributed by atoms with van der Waals surface area (Å²) in [6.07, 6.45) is 0. The molecule has 0 spiro atoms. The Kier molecular flexibility index (Phi) is 3.99. The number of anilines is 1. The van der Waals surface area contributed by atoms with E-state index in [0.717, 1.165) is 16.4 Å². The van der Waals surface area contributed by atoms with Gasteiger partial charge in [0.25, 0.3) is 0 Å². The summed E-state index contributed by atoms with van der Waals surface area (Å²) in [5.74, 6) is 0.0297. The average Bonchev–Trinajstić information content (AvgIpc) is 2.90. The van der Waals surface area contributed by atoms with Crippen LogP contribution >= 0.6 is 0 Å². The zero-order chi connectivity index (χ0) is 17.3. The Balaban J connectivity index is 1.99. The van der Waals surface area contributed by atoms with Gasteiger partial charge in [0.15, 0.2) is 0 Å². The molecule has 3 amide bonds. The lowest BCUT2D eigenvalue weighted by atomic mass is 10.1. The fourth-order valence-electron chi connectivity index (χ4n) is 2.56. The molecule has 3 aromatic rings. The highest BCUT2D eigenvalue weighted by molar-refractivity contribution is 6.07. The van der Waals surface area contributed by atoms with Gasteiger partial charge >= 0.3 is 6.03 Å². The Morgan fingerprint density at radius 3 is 2.62 bits per heavy atom. The van der Waals surface area contributed by atoms with Crippen LogP contribution in [0, 0.1) is 0 Å². The number of primary amides is 1. The fourth-order valence-corrected chi connectivity index (χ4v) is 2.56. The van der Waals surface area contributed by atoms with Crippen molar-refractivity contribution >= 4 is 39.6 Å². The van der Waals surface area contributed by atoms with Gasteiger partial charge in [-0.05, 0) is 19.1 Å². The summed E-state index contributed by atoms with van der Waals surface area (Å²) in [5.41, 5.74) is 6.98. The van der Waals surface area contributed by atoms with Crippen molar-refractivity contribution in [3.05, 3.63) is 36.4 Å². The van der Waals surface area contributed by atoms with Crippen LogP contribution in [0.15, 0.2) is 40.8 Å². The molecule has 1 atom stereocenters. The molecule has 0 saturated carbocycles. The zero-order valence-electron chi connectivity index (χ0n) is 13.3. The highest BCUT2D eigenvalue weighted by Gasteiger charge is 2.18. The van der Waals surface area contributed by atoms with Gasteiger partial charge in [-0.15, -0.1) is 0 Å². The molecule has 0 unspecified atom stereocenters. The maximum absolute atomic E-state index is 11.8. The van der Waals surface area contributed by atoms with Crippen molar-refractivity contribution in [2.45, 2.75) is 13.0 Å². The molecule has 3 rings (SSSR count). The Labute approximate surface area is 137 Å². The van der Waals surface area contributed by atoms with E-state index in [1.54, 1.807) is 20.1 Å². The minimum Gasteiger partial charge on any atom is -0.495 e. The van der Waals surface area contributed by atoms with Crippen molar-refractivity contribution in [1.29, 1.82) is 0 Å². The Bertz CT molecular complexity index is 932. The number of carbonyl (C=O) groups is 2. The third-order valence-electron chi connectivity index (χ3n) is 3.71. The first-order valence-corrected chi connectivity index (χ1v) is 7.35. The minimum atomic E-state index is -0.895. The Hall–Kier alpha value is -3.22. The number of hydrogen-bond donors (Lipinski definition) is 3. The van der Waals surface area contributed by atoms with Gasteiger partial charge in [-0.25, -0.2) is 4.79 Å². The van der Waals surface area contributed by atoms with Crippen LogP contribution in [0.4, 0.5) is 10.5 Å².